The van der Waals surface area contributed by atoms with Crippen molar-refractivity contribution in [2.75, 3.05) is 6.54 Å². The van der Waals surface area contributed by atoms with E-state index in [1.807, 2.05) is 30.3 Å². The van der Waals surface area contributed by atoms with Gasteiger partial charge in [0.1, 0.15) is 5.71 Å². The van der Waals surface area contributed by atoms with Crippen molar-refractivity contribution in [2.45, 2.75) is 0 Å². The molecule has 0 aliphatic carbocycles. The lowest BCUT2D eigenvalue weighted by Gasteiger charge is -2.10. The Balaban J connectivity index is 2.20. The lowest BCUT2D eigenvalue weighted by atomic mass is 10.0. The van der Waals surface area contributed by atoms with Crippen molar-refractivity contribution in [3.63, 3.8) is 0 Å². The highest BCUT2D eigenvalue weighted by atomic mass is 35.5. The summed E-state index contributed by atoms with van der Waals surface area (Å²) in [4.78, 5) is 20.7. The van der Waals surface area contributed by atoms with Crippen molar-refractivity contribution in [1.29, 1.82) is 0 Å². The van der Waals surface area contributed by atoms with Crippen LogP contribution in [0.1, 0.15) is 11.1 Å². The lowest BCUT2D eigenvalue weighted by molar-refractivity contribution is -0.114. The first-order valence-corrected chi connectivity index (χ1v) is 7.06. The smallest absolute Gasteiger partial charge is 0.281 e. The zero-order chi connectivity index (χ0) is 15.5. The standard InChI is InChI=1S/C16H13ClN4O/c17-11-7-4-8-12-14(11)15(10-5-2-1-3-6-10)19-9-13(20-12)16(22)21-18/h1-8H,9,18H2,(H,21,22). The molecular formula is C16H13ClN4O. The third kappa shape index (κ3) is 2.64. The quantitative estimate of drug-likeness (QED) is 0.507. The molecule has 0 spiro atoms. The molecule has 5 nitrogen and oxygen atoms in total. The number of fused-ring (bicyclic) bond motifs is 1. The van der Waals surface area contributed by atoms with Crippen LogP contribution < -0.4 is 11.3 Å². The normalized spacial score (nSPS) is 13.5. The first-order valence-electron chi connectivity index (χ1n) is 6.68. The van der Waals surface area contributed by atoms with E-state index < -0.39 is 5.91 Å². The molecule has 110 valence electrons. The number of nitrogens with two attached hydrogens (primary N) is 1. The molecule has 6 heteroatoms. The predicted molar refractivity (Wildman–Crippen MR) is 87.8 cm³/mol. The van der Waals surface area contributed by atoms with Gasteiger partial charge in [-0.2, -0.15) is 0 Å². The minimum Gasteiger partial charge on any atom is -0.289 e. The van der Waals surface area contributed by atoms with Crippen molar-refractivity contribution in [3.8, 4) is 0 Å². The van der Waals surface area contributed by atoms with Crippen molar-refractivity contribution in [1.82, 2.24) is 5.43 Å². The van der Waals surface area contributed by atoms with E-state index in [9.17, 15) is 4.79 Å². The highest BCUT2D eigenvalue weighted by molar-refractivity contribution is 6.42. The number of carbonyl (C=O) groups is 1. The second kappa shape index (κ2) is 6.09. The second-order valence-electron chi connectivity index (χ2n) is 4.70. The molecule has 0 unspecified atom stereocenters. The Kier molecular flexibility index (Phi) is 4.00. The summed E-state index contributed by atoms with van der Waals surface area (Å²) in [6.07, 6.45) is 0. The molecule has 0 saturated carbocycles. The molecule has 0 atom stereocenters. The highest BCUT2D eigenvalue weighted by Crippen LogP contribution is 2.31. The van der Waals surface area contributed by atoms with Gasteiger partial charge in [-0.25, -0.2) is 10.8 Å². The number of hydrogen-bond donors (Lipinski definition) is 2. The third-order valence-corrected chi connectivity index (χ3v) is 3.63. The number of halogens is 1. The van der Waals surface area contributed by atoms with Crippen LogP contribution in [0, 0.1) is 0 Å². The summed E-state index contributed by atoms with van der Waals surface area (Å²) < 4.78 is 0. The van der Waals surface area contributed by atoms with Gasteiger partial charge in [-0.15, -0.1) is 0 Å². The zero-order valence-electron chi connectivity index (χ0n) is 11.6. The minimum atomic E-state index is -0.455. The summed E-state index contributed by atoms with van der Waals surface area (Å²) in [7, 11) is 0. The molecule has 0 radical (unpaired) electrons. The van der Waals surface area contributed by atoms with E-state index in [2.05, 4.69) is 15.4 Å². The number of hydrogen-bond acceptors (Lipinski definition) is 4. The Bertz CT molecular complexity index is 784. The van der Waals surface area contributed by atoms with Crippen LogP contribution in [0.2, 0.25) is 5.02 Å². The predicted octanol–water partition coefficient (Wildman–Crippen LogP) is 2.25. The number of rotatable bonds is 2. The van der Waals surface area contributed by atoms with E-state index in [1.165, 1.54) is 0 Å². The van der Waals surface area contributed by atoms with Crippen molar-refractivity contribution < 1.29 is 4.79 Å². The monoisotopic (exact) mass is 312 g/mol. The molecule has 1 aliphatic heterocycles. The third-order valence-electron chi connectivity index (χ3n) is 3.31. The van der Waals surface area contributed by atoms with Gasteiger partial charge in [0.25, 0.3) is 5.91 Å². The number of nitrogens with zero attached hydrogens (tertiary/aromatic N) is 2. The van der Waals surface area contributed by atoms with E-state index in [0.29, 0.717) is 16.4 Å². The molecule has 0 aromatic heterocycles. The zero-order valence-corrected chi connectivity index (χ0v) is 12.3. The van der Waals surface area contributed by atoms with Crippen LogP contribution in [0.5, 0.6) is 0 Å². The van der Waals surface area contributed by atoms with Crippen LogP contribution in [-0.4, -0.2) is 23.9 Å². The molecule has 3 N–H and O–H groups in total. The largest absolute Gasteiger partial charge is 0.289 e. The average Bonchev–Trinajstić information content (AvgIpc) is 2.75. The number of benzene rings is 2. The van der Waals surface area contributed by atoms with Gasteiger partial charge in [0.2, 0.25) is 0 Å². The van der Waals surface area contributed by atoms with Gasteiger partial charge in [-0.05, 0) is 12.1 Å². The van der Waals surface area contributed by atoms with E-state index in [-0.39, 0.29) is 12.3 Å². The van der Waals surface area contributed by atoms with Gasteiger partial charge < -0.3 is 0 Å². The van der Waals surface area contributed by atoms with Crippen LogP contribution in [-0.2, 0) is 4.79 Å². The second-order valence-corrected chi connectivity index (χ2v) is 5.10. The van der Waals surface area contributed by atoms with Crippen LogP contribution in [0.3, 0.4) is 0 Å². The summed E-state index contributed by atoms with van der Waals surface area (Å²) in [6.45, 7) is 0.137. The minimum absolute atomic E-state index is 0.137. The Labute approximate surface area is 132 Å². The van der Waals surface area contributed by atoms with Crippen LogP contribution in [0.25, 0.3) is 0 Å². The van der Waals surface area contributed by atoms with Crippen molar-refractivity contribution in [2.24, 2.45) is 15.8 Å². The Morgan fingerprint density at radius 3 is 2.64 bits per heavy atom. The number of carbonyl (C=O) groups excluding carboxylic acids is 1. The van der Waals surface area contributed by atoms with E-state index in [4.69, 9.17) is 17.4 Å². The van der Waals surface area contributed by atoms with E-state index in [0.717, 1.165) is 11.1 Å². The van der Waals surface area contributed by atoms with Gasteiger partial charge in [-0.3, -0.25) is 15.2 Å². The number of hydrazine groups is 1. The van der Waals surface area contributed by atoms with Gasteiger partial charge in [-0.1, -0.05) is 48.0 Å². The molecular weight excluding hydrogens is 300 g/mol. The number of nitrogens with one attached hydrogen (secondary N) is 1. The highest BCUT2D eigenvalue weighted by Gasteiger charge is 2.21. The number of aliphatic imine (C=N–C) groups is 2. The van der Waals surface area contributed by atoms with Gasteiger partial charge in [0, 0.05) is 11.1 Å². The fourth-order valence-electron chi connectivity index (χ4n) is 2.29. The molecule has 2 aromatic rings. The van der Waals surface area contributed by atoms with Gasteiger partial charge in [0.15, 0.2) is 0 Å². The summed E-state index contributed by atoms with van der Waals surface area (Å²) in [5.74, 6) is 4.74. The summed E-state index contributed by atoms with van der Waals surface area (Å²) >= 11 is 6.35. The first-order chi connectivity index (χ1) is 10.7. The van der Waals surface area contributed by atoms with Crippen molar-refractivity contribution in [3.05, 3.63) is 64.7 Å². The SMILES string of the molecule is NNC(=O)C1=Nc2cccc(Cl)c2C(c2ccccc2)=NC1. The van der Waals surface area contributed by atoms with Crippen LogP contribution >= 0.6 is 11.6 Å². The van der Waals surface area contributed by atoms with E-state index >= 15 is 0 Å². The average molecular weight is 313 g/mol. The topological polar surface area (TPSA) is 79.8 Å². The van der Waals surface area contributed by atoms with Crippen LogP contribution in [0.15, 0.2) is 58.5 Å². The molecule has 22 heavy (non-hydrogen) atoms. The Hall–Kier alpha value is -2.50. The summed E-state index contributed by atoms with van der Waals surface area (Å²) in [5, 5.41) is 0.540. The molecule has 3 rings (SSSR count). The van der Waals surface area contributed by atoms with Crippen molar-refractivity contribution >= 4 is 34.6 Å². The molecule has 0 saturated heterocycles. The first kappa shape index (κ1) is 14.4. The summed E-state index contributed by atoms with van der Waals surface area (Å²) in [6, 6.07) is 15.0. The molecule has 0 fully saturated rings. The number of amides is 1. The van der Waals surface area contributed by atoms with Gasteiger partial charge in [0.05, 0.1) is 23.0 Å². The molecule has 1 heterocycles. The lowest BCUT2D eigenvalue weighted by Crippen LogP contribution is -2.37. The fourth-order valence-corrected chi connectivity index (χ4v) is 2.55. The summed E-state index contributed by atoms with van der Waals surface area (Å²) in [5.41, 5.74) is 5.29. The molecule has 0 bridgehead atoms. The van der Waals surface area contributed by atoms with Gasteiger partial charge >= 0.3 is 0 Å². The molecule has 1 amide bonds. The maximum Gasteiger partial charge on any atom is 0.281 e. The van der Waals surface area contributed by atoms with Crippen LogP contribution in [0.4, 0.5) is 5.69 Å². The fraction of sp³-hybridized carbons (Fsp3) is 0.0625. The Morgan fingerprint density at radius 1 is 1.14 bits per heavy atom. The van der Waals surface area contributed by atoms with E-state index in [1.54, 1.807) is 18.2 Å². The maximum absolute atomic E-state index is 11.8. The molecule has 2 aromatic carbocycles. The molecule has 1 aliphatic rings. The Morgan fingerprint density at radius 2 is 1.91 bits per heavy atom. The maximum atomic E-state index is 11.8.